The summed E-state index contributed by atoms with van der Waals surface area (Å²) in [6.45, 7) is 3.37. The number of hydrogen-bond acceptors (Lipinski definition) is 2. The monoisotopic (exact) mass is 334 g/mol. The fourth-order valence-electron chi connectivity index (χ4n) is 3.28. The minimum absolute atomic E-state index is 1.07. The predicted molar refractivity (Wildman–Crippen MR) is 104 cm³/mol. The first-order valence-corrected chi connectivity index (χ1v) is 9.54. The molecule has 3 aromatic rings. The highest BCUT2D eigenvalue weighted by Crippen LogP contribution is 2.28. The summed E-state index contributed by atoms with van der Waals surface area (Å²) >= 11 is 1.95. The molecule has 0 spiro atoms. The predicted octanol–water partition coefficient (Wildman–Crippen LogP) is 5.05. The first kappa shape index (κ1) is 15.6. The van der Waals surface area contributed by atoms with E-state index in [0.717, 1.165) is 31.8 Å². The van der Waals surface area contributed by atoms with E-state index in [9.17, 15) is 0 Å². The molecule has 0 aliphatic carbocycles. The van der Waals surface area contributed by atoms with Crippen molar-refractivity contribution in [1.82, 2.24) is 9.88 Å². The van der Waals surface area contributed by atoms with Crippen LogP contribution < -0.4 is 0 Å². The van der Waals surface area contributed by atoms with Gasteiger partial charge in [0.15, 0.2) is 0 Å². The summed E-state index contributed by atoms with van der Waals surface area (Å²) in [6, 6.07) is 19.3. The second kappa shape index (κ2) is 7.29. The fourth-order valence-corrected chi connectivity index (χ4v) is 4.32. The second-order valence-electron chi connectivity index (χ2n) is 6.19. The van der Waals surface area contributed by atoms with Crippen LogP contribution in [0, 0.1) is 0 Å². The summed E-state index contributed by atoms with van der Waals surface area (Å²) < 4.78 is 0. The zero-order chi connectivity index (χ0) is 16.2. The highest BCUT2D eigenvalue weighted by molar-refractivity contribution is 7.99. The largest absolute Gasteiger partial charge is 0.360 e. The lowest BCUT2D eigenvalue weighted by Gasteiger charge is -2.26. The van der Waals surface area contributed by atoms with Crippen LogP contribution in [0.2, 0.25) is 0 Å². The topological polar surface area (TPSA) is 19.0 Å². The van der Waals surface area contributed by atoms with Crippen LogP contribution in [-0.2, 0) is 0 Å². The molecule has 1 aliphatic heterocycles. The van der Waals surface area contributed by atoms with Crippen molar-refractivity contribution in [2.75, 3.05) is 25.4 Å². The van der Waals surface area contributed by atoms with Crippen molar-refractivity contribution >= 4 is 28.2 Å². The molecule has 3 heteroatoms. The summed E-state index contributed by atoms with van der Waals surface area (Å²) in [4.78, 5) is 7.27. The van der Waals surface area contributed by atoms with Gasteiger partial charge in [-0.2, -0.15) is 0 Å². The van der Waals surface area contributed by atoms with Gasteiger partial charge in [0.05, 0.1) is 0 Å². The number of fused-ring (bicyclic) bond motifs is 1. The quantitative estimate of drug-likeness (QED) is 0.659. The van der Waals surface area contributed by atoms with E-state index in [1.54, 1.807) is 0 Å². The average Bonchev–Trinajstić information content (AvgIpc) is 3.06. The van der Waals surface area contributed by atoms with Gasteiger partial charge in [-0.1, -0.05) is 54.6 Å². The fraction of sp³-hybridized carbons (Fsp3) is 0.238. The number of aromatic nitrogens is 1. The standard InChI is InChI=1S/C21H22N2S/c1-2-6-17(7-3-1)18-10-12-23(13-11-18)14-15-24-21-16-22-20-9-5-4-8-19(20)21/h1-10,16,22H,11-15H2. The Morgan fingerprint density at radius 2 is 1.83 bits per heavy atom. The minimum atomic E-state index is 1.07. The lowest BCUT2D eigenvalue weighted by atomic mass is 10.00. The molecule has 122 valence electrons. The number of para-hydroxylation sites is 1. The molecule has 0 fully saturated rings. The zero-order valence-electron chi connectivity index (χ0n) is 13.7. The molecule has 0 radical (unpaired) electrons. The SMILES string of the molecule is C1=C(c2ccccc2)CCN(CCSc2c[nH]c3ccccc23)C1. The first-order valence-electron chi connectivity index (χ1n) is 8.56. The van der Waals surface area contributed by atoms with Gasteiger partial charge >= 0.3 is 0 Å². The number of thioether (sulfide) groups is 1. The molecule has 1 aliphatic rings. The van der Waals surface area contributed by atoms with Crippen LogP contribution in [0.1, 0.15) is 12.0 Å². The van der Waals surface area contributed by atoms with Gasteiger partial charge in [0.25, 0.3) is 0 Å². The van der Waals surface area contributed by atoms with E-state index < -0.39 is 0 Å². The van der Waals surface area contributed by atoms with Gasteiger partial charge in [-0.25, -0.2) is 0 Å². The van der Waals surface area contributed by atoms with Gasteiger partial charge in [-0.15, -0.1) is 11.8 Å². The van der Waals surface area contributed by atoms with E-state index in [1.807, 2.05) is 11.8 Å². The molecule has 4 rings (SSSR count). The van der Waals surface area contributed by atoms with Crippen molar-refractivity contribution in [2.24, 2.45) is 0 Å². The minimum Gasteiger partial charge on any atom is -0.360 e. The van der Waals surface area contributed by atoms with Crippen molar-refractivity contribution in [3.8, 4) is 0 Å². The van der Waals surface area contributed by atoms with Gasteiger partial charge in [-0.3, -0.25) is 4.90 Å². The summed E-state index contributed by atoms with van der Waals surface area (Å²) in [5.74, 6) is 1.14. The van der Waals surface area contributed by atoms with Crippen molar-refractivity contribution < 1.29 is 0 Å². The second-order valence-corrected chi connectivity index (χ2v) is 7.33. The smallest absolute Gasteiger partial charge is 0.0465 e. The third kappa shape index (κ3) is 3.42. The highest BCUT2D eigenvalue weighted by Gasteiger charge is 2.13. The average molecular weight is 334 g/mol. The Labute approximate surface area is 147 Å². The summed E-state index contributed by atoms with van der Waals surface area (Å²) in [5, 5.41) is 1.34. The lowest BCUT2D eigenvalue weighted by Crippen LogP contribution is -2.30. The molecule has 2 heterocycles. The van der Waals surface area contributed by atoms with Crippen LogP contribution in [0.25, 0.3) is 16.5 Å². The van der Waals surface area contributed by atoms with Gasteiger partial charge in [0.2, 0.25) is 0 Å². The van der Waals surface area contributed by atoms with Crippen LogP contribution >= 0.6 is 11.8 Å². The molecule has 0 amide bonds. The molecule has 0 saturated heterocycles. The van der Waals surface area contributed by atoms with Gasteiger partial charge in [0.1, 0.15) is 0 Å². The number of nitrogens with one attached hydrogen (secondary N) is 1. The lowest BCUT2D eigenvalue weighted by molar-refractivity contribution is 0.321. The number of nitrogens with zero attached hydrogens (tertiary/aromatic N) is 1. The van der Waals surface area contributed by atoms with E-state index in [0.29, 0.717) is 0 Å². The number of hydrogen-bond donors (Lipinski definition) is 1. The van der Waals surface area contributed by atoms with Crippen LogP contribution in [0.15, 0.2) is 71.8 Å². The third-order valence-corrected chi connectivity index (χ3v) is 5.69. The van der Waals surface area contributed by atoms with E-state index in [-0.39, 0.29) is 0 Å². The first-order chi connectivity index (χ1) is 11.9. The molecular formula is C21H22N2S. The maximum atomic E-state index is 3.36. The molecule has 0 saturated carbocycles. The Kier molecular flexibility index (Phi) is 4.72. The Morgan fingerprint density at radius 3 is 2.67 bits per heavy atom. The summed E-state index contributed by atoms with van der Waals surface area (Å²) in [7, 11) is 0. The van der Waals surface area contributed by atoms with Gasteiger partial charge in [-0.05, 0) is 23.6 Å². The molecule has 1 aromatic heterocycles. The van der Waals surface area contributed by atoms with Crippen LogP contribution in [0.4, 0.5) is 0 Å². The molecular weight excluding hydrogens is 312 g/mol. The maximum Gasteiger partial charge on any atom is 0.0465 e. The van der Waals surface area contributed by atoms with Gasteiger partial charge in [0, 0.05) is 47.4 Å². The van der Waals surface area contributed by atoms with Crippen molar-refractivity contribution in [3.63, 3.8) is 0 Å². The number of benzene rings is 2. The zero-order valence-corrected chi connectivity index (χ0v) is 14.6. The summed E-state index contributed by atoms with van der Waals surface area (Å²) in [6.07, 6.45) is 5.69. The number of H-pyrrole nitrogens is 1. The Balaban J connectivity index is 1.31. The van der Waals surface area contributed by atoms with Crippen LogP contribution in [0.5, 0.6) is 0 Å². The van der Waals surface area contributed by atoms with Crippen molar-refractivity contribution in [1.29, 1.82) is 0 Å². The highest BCUT2D eigenvalue weighted by atomic mass is 32.2. The molecule has 0 atom stereocenters. The molecule has 2 nitrogen and oxygen atoms in total. The van der Waals surface area contributed by atoms with Crippen molar-refractivity contribution in [3.05, 3.63) is 72.4 Å². The number of aromatic amines is 1. The Morgan fingerprint density at radius 1 is 1.00 bits per heavy atom. The van der Waals surface area contributed by atoms with E-state index in [1.165, 1.54) is 26.9 Å². The molecule has 0 bridgehead atoms. The van der Waals surface area contributed by atoms with Gasteiger partial charge < -0.3 is 4.98 Å². The van der Waals surface area contributed by atoms with E-state index >= 15 is 0 Å². The Hall–Kier alpha value is -1.97. The normalized spacial score (nSPS) is 15.6. The molecule has 2 aromatic carbocycles. The van der Waals surface area contributed by atoms with Crippen LogP contribution in [0.3, 0.4) is 0 Å². The number of rotatable bonds is 5. The summed E-state index contributed by atoms with van der Waals surface area (Å²) in [5.41, 5.74) is 4.11. The third-order valence-electron chi connectivity index (χ3n) is 4.65. The molecule has 0 unspecified atom stereocenters. The Bertz CT molecular complexity index is 835. The van der Waals surface area contributed by atoms with E-state index in [4.69, 9.17) is 0 Å². The molecule has 1 N–H and O–H groups in total. The maximum absolute atomic E-state index is 3.36. The van der Waals surface area contributed by atoms with Crippen molar-refractivity contribution in [2.45, 2.75) is 11.3 Å². The van der Waals surface area contributed by atoms with Crippen LogP contribution in [-0.4, -0.2) is 35.3 Å². The molecule has 24 heavy (non-hydrogen) atoms. The van der Waals surface area contributed by atoms with E-state index in [2.05, 4.69) is 76.8 Å².